The van der Waals surface area contributed by atoms with Crippen LogP contribution in [-0.4, -0.2) is 83.5 Å². The molecule has 0 aliphatic heterocycles. The van der Waals surface area contributed by atoms with E-state index in [0.29, 0.717) is 16.7 Å². The lowest BCUT2D eigenvalue weighted by Crippen LogP contribution is -2.46. The number of aromatic nitrogens is 5. The monoisotopic (exact) mass is 1300 g/mol. The van der Waals surface area contributed by atoms with Crippen molar-refractivity contribution < 1.29 is 42.1 Å². The van der Waals surface area contributed by atoms with Crippen molar-refractivity contribution in [1.29, 1.82) is 0 Å². The Bertz CT molecular complexity index is 5200. The number of rotatable bonds is 9. The smallest absolute Gasteiger partial charge is 0.233 e. The summed E-state index contributed by atoms with van der Waals surface area (Å²) in [5, 5.41) is 9.74. The minimum absolute atomic E-state index is 0.0924. The first-order chi connectivity index (χ1) is 47.5. The number of ether oxygens (including phenoxy) is 2. The highest BCUT2D eigenvalue weighted by atomic mass is 16.5. The molecule has 14 heteroatoms. The molecule has 0 bridgehead atoms. The zero-order valence-corrected chi connectivity index (χ0v) is 56.6. The van der Waals surface area contributed by atoms with Crippen molar-refractivity contribution in [2.45, 2.75) is 47.6 Å². The summed E-state index contributed by atoms with van der Waals surface area (Å²) >= 11 is 0. The number of fused-ring (bicyclic) bond motifs is 11. The molecule has 0 saturated heterocycles. The quantitative estimate of drug-likeness (QED) is 0.0272. The van der Waals surface area contributed by atoms with Gasteiger partial charge in [-0.2, -0.15) is 8.97 Å². The second-order valence-electron chi connectivity index (χ2n) is 24.6. The fourth-order valence-corrected chi connectivity index (χ4v) is 12.5. The van der Waals surface area contributed by atoms with Crippen LogP contribution in [0.3, 0.4) is 0 Å². The van der Waals surface area contributed by atoms with Crippen molar-refractivity contribution in [2.24, 2.45) is 0 Å². The Morgan fingerprint density at radius 2 is 1.11 bits per heavy atom. The molecular formula is C84H81N8O6+3. The minimum Gasteiger partial charge on any atom is -0.493 e. The number of aromatic amines is 2. The molecule has 2 aliphatic rings. The SMILES string of the molecule is CC[N+](C)(CC)CCC[n+]1c(-c2ccccc2)c2cc(N)ccc2c2ccc(N)cc21.COc1cc2cc[n+]3c(C)c4cc(C)c(C)cc4cc3c2cc1OC.O=C1C=CC(=O)c2ccccc21.O=C1C=Cc2ccccc2C1=O.c1ccc2[nH]ccc2c1.c1ccc2[nH]cnc2c1. The number of H-pyrrole nitrogens is 2. The van der Waals surface area contributed by atoms with Crippen LogP contribution in [0.25, 0.3) is 88.0 Å². The molecule has 490 valence electrons. The molecule has 0 unspecified atom stereocenters. The first kappa shape index (κ1) is 67.5. The van der Waals surface area contributed by atoms with E-state index in [9.17, 15) is 19.2 Å². The highest BCUT2D eigenvalue weighted by molar-refractivity contribution is 6.50. The highest BCUT2D eigenvalue weighted by Crippen LogP contribution is 2.36. The van der Waals surface area contributed by atoms with E-state index in [1.54, 1.807) is 63.0 Å². The van der Waals surface area contributed by atoms with Gasteiger partial charge in [-0.1, -0.05) is 115 Å². The Morgan fingerprint density at radius 1 is 0.500 bits per heavy atom. The summed E-state index contributed by atoms with van der Waals surface area (Å²) in [7, 11) is 5.69. The Kier molecular flexibility index (Phi) is 20.9. The fraction of sp³-hybridized carbons (Fsp3) is 0.155. The predicted molar refractivity (Wildman–Crippen MR) is 398 cm³/mol. The van der Waals surface area contributed by atoms with Crippen LogP contribution in [-0.2, 0) is 11.3 Å². The Labute approximate surface area is 570 Å². The maximum atomic E-state index is 11.2. The van der Waals surface area contributed by atoms with Gasteiger partial charge in [0.05, 0.1) is 80.8 Å². The van der Waals surface area contributed by atoms with E-state index in [-0.39, 0.29) is 11.6 Å². The molecule has 5 heterocycles. The van der Waals surface area contributed by atoms with Gasteiger partial charge in [0.25, 0.3) is 0 Å². The Morgan fingerprint density at radius 3 is 1.81 bits per heavy atom. The number of nitrogens with one attached hydrogen (secondary N) is 2. The van der Waals surface area contributed by atoms with Gasteiger partial charge in [-0.3, -0.25) is 19.2 Å². The zero-order chi connectivity index (χ0) is 69.0. The van der Waals surface area contributed by atoms with Crippen LogP contribution in [0.15, 0.2) is 243 Å². The average molecular weight is 1300 g/mol. The highest BCUT2D eigenvalue weighted by Gasteiger charge is 2.26. The number of Topliss-reactive ketones (excluding diaryl/α,β-unsaturated/α-hetero) is 1. The van der Waals surface area contributed by atoms with Gasteiger partial charge in [0.2, 0.25) is 28.3 Å². The number of aryl methyl sites for hydroxylation is 4. The molecular weight excluding hydrogens is 1220 g/mol. The minimum atomic E-state index is -0.436. The number of hydrogen-bond donors (Lipinski definition) is 4. The summed E-state index contributed by atoms with van der Waals surface area (Å²) in [4.78, 5) is 54.7. The second kappa shape index (κ2) is 30.3. The van der Waals surface area contributed by atoms with Crippen LogP contribution in [0.4, 0.5) is 11.4 Å². The van der Waals surface area contributed by atoms with E-state index in [4.69, 9.17) is 20.9 Å². The number of benzene rings is 9. The first-order valence-corrected chi connectivity index (χ1v) is 32.9. The number of allylic oxidation sites excluding steroid dienone is 3. The van der Waals surface area contributed by atoms with Crippen molar-refractivity contribution in [3.63, 3.8) is 0 Å². The standard InChI is InChI=1S/C27H33N4.C22H22NO2.2C10H6O2.C8H7N.C7H6N2/c1-4-31(3,5-2)17-9-16-30-26-19-22(29)13-15-24(26)23-14-12-21(28)18-25(23)27(30)20-10-7-6-8-11-20;1-13-8-17-10-20-19-12-22(25-5)21(24-4)11-16(19)6-7-23(20)15(3)18(17)9-14(13)2;11-9-5-6-10(12)8-4-2-1-3-7(8)9;11-9-6-5-7-3-1-2-4-8(7)10(9)12;1-2-4-8-7(3-1)5-6-9-8;1-2-4-7-6(3-1)8-5-9-7/h6-8,10-15,18-19,29H,4-5,9,16-17,28H2,1-3H3;6-12H,1-5H3;2*1-6H;1-6,9H;1-5H,(H,8,9)/q2*+1;;;;/p+1. The first-order valence-electron chi connectivity index (χ1n) is 32.9. The molecule has 0 amide bonds. The maximum Gasteiger partial charge on any atom is 0.233 e. The molecule has 9 aromatic carbocycles. The summed E-state index contributed by atoms with van der Waals surface area (Å²) in [6.07, 6.45) is 12.5. The van der Waals surface area contributed by atoms with Gasteiger partial charge in [0.15, 0.2) is 41.5 Å². The van der Waals surface area contributed by atoms with E-state index in [0.717, 1.165) is 87.3 Å². The number of imidazole rings is 1. The number of nitrogens with two attached hydrogens (primary N) is 2. The lowest BCUT2D eigenvalue weighted by Gasteiger charge is -2.31. The Hall–Kier alpha value is -11.9. The molecule has 0 saturated carbocycles. The number of para-hydroxylation sites is 3. The van der Waals surface area contributed by atoms with Crippen LogP contribution >= 0.6 is 0 Å². The van der Waals surface area contributed by atoms with Gasteiger partial charge in [-0.05, 0) is 158 Å². The number of nitrogen functional groups attached to an aromatic ring is 2. The summed E-state index contributed by atoms with van der Waals surface area (Å²) < 4.78 is 16.8. The number of carbonyl (C=O) groups excluding carboxylic acids is 4. The van der Waals surface area contributed by atoms with Crippen LogP contribution in [0, 0.1) is 20.8 Å². The van der Waals surface area contributed by atoms with Gasteiger partial charge < -0.3 is 35.4 Å². The molecule has 0 atom stereocenters. The Balaban J connectivity index is 0.000000128. The molecule has 0 spiro atoms. The lowest BCUT2D eigenvalue weighted by molar-refractivity contribution is -0.908. The van der Waals surface area contributed by atoms with Gasteiger partial charge in [0, 0.05) is 81.2 Å². The molecule has 6 N–H and O–H groups in total. The number of methoxy groups -OCH3 is 2. The predicted octanol–water partition coefficient (Wildman–Crippen LogP) is 16.5. The molecule has 98 heavy (non-hydrogen) atoms. The summed E-state index contributed by atoms with van der Waals surface area (Å²) in [5.74, 6) is 0.474. The number of hydrogen-bond acceptors (Lipinski definition) is 9. The van der Waals surface area contributed by atoms with Gasteiger partial charge in [-0.15, -0.1) is 0 Å². The largest absolute Gasteiger partial charge is 0.493 e. The normalized spacial score (nSPS) is 12.2. The molecule has 14 nitrogen and oxygen atoms in total. The van der Waals surface area contributed by atoms with E-state index in [1.807, 2.05) is 72.9 Å². The number of ketones is 4. The van der Waals surface area contributed by atoms with Crippen LogP contribution in [0.1, 0.15) is 73.7 Å². The molecule has 2 aliphatic carbocycles. The van der Waals surface area contributed by atoms with E-state index >= 15 is 0 Å². The maximum absolute atomic E-state index is 11.2. The van der Waals surface area contributed by atoms with E-state index < -0.39 is 11.6 Å². The van der Waals surface area contributed by atoms with Crippen LogP contribution < -0.4 is 29.9 Å². The topological polar surface area (TPSA) is 191 Å². The molecule has 0 radical (unpaired) electrons. The lowest BCUT2D eigenvalue weighted by atomic mass is 9.95. The number of anilines is 2. The number of pyridine rings is 3. The van der Waals surface area contributed by atoms with Crippen LogP contribution in [0.2, 0.25) is 0 Å². The number of nitrogens with zero attached hydrogens (tertiary/aromatic N) is 4. The third-order valence-electron chi connectivity index (χ3n) is 18.5. The fourth-order valence-electron chi connectivity index (χ4n) is 12.5. The molecule has 5 aromatic heterocycles. The van der Waals surface area contributed by atoms with Crippen molar-refractivity contribution in [2.75, 3.05) is 52.4 Å². The number of carbonyl (C=O) groups is 4. The van der Waals surface area contributed by atoms with Crippen molar-refractivity contribution in [3.05, 3.63) is 282 Å². The molecule has 16 rings (SSSR count). The van der Waals surface area contributed by atoms with E-state index in [2.05, 4.69) is 175 Å². The van der Waals surface area contributed by atoms with Gasteiger partial charge in [-0.25, -0.2) is 4.98 Å². The summed E-state index contributed by atoms with van der Waals surface area (Å²) in [5.41, 5.74) is 28.4. The second-order valence-corrected chi connectivity index (χ2v) is 24.6. The van der Waals surface area contributed by atoms with Gasteiger partial charge in [0.1, 0.15) is 0 Å². The third-order valence-corrected chi connectivity index (χ3v) is 18.5. The average Bonchev–Trinajstić information content (AvgIpc) is 0.859. The number of quaternary nitrogens is 1. The van der Waals surface area contributed by atoms with Gasteiger partial charge >= 0.3 is 0 Å². The molecule has 0 fully saturated rings. The van der Waals surface area contributed by atoms with Crippen molar-refractivity contribution >= 4 is 111 Å². The van der Waals surface area contributed by atoms with Crippen molar-refractivity contribution in [3.8, 4) is 22.8 Å². The molecule has 14 aromatic rings. The van der Waals surface area contributed by atoms with Crippen molar-refractivity contribution in [1.82, 2.24) is 15.0 Å². The summed E-state index contributed by atoms with van der Waals surface area (Å²) in [6, 6.07) is 68.3. The van der Waals surface area contributed by atoms with Crippen LogP contribution in [0.5, 0.6) is 11.5 Å². The third kappa shape index (κ3) is 14.8. The van der Waals surface area contributed by atoms with E-state index in [1.165, 1.54) is 95.2 Å². The summed E-state index contributed by atoms with van der Waals surface area (Å²) in [6.45, 7) is 15.4. The zero-order valence-electron chi connectivity index (χ0n) is 56.6.